The molecule has 0 radical (unpaired) electrons. The first-order valence-electron chi connectivity index (χ1n) is 8.21. The summed E-state index contributed by atoms with van der Waals surface area (Å²) in [5, 5.41) is 0. The van der Waals surface area contributed by atoms with E-state index in [9.17, 15) is 13.6 Å². The quantitative estimate of drug-likeness (QED) is 0.858. The van der Waals surface area contributed by atoms with Crippen LogP contribution in [0.15, 0.2) is 47.5 Å². The summed E-state index contributed by atoms with van der Waals surface area (Å²) in [6, 6.07) is 10.8. The lowest BCUT2D eigenvalue weighted by atomic mass is 9.92. The predicted molar refractivity (Wildman–Crippen MR) is 95.0 cm³/mol. The fraction of sp³-hybridized carbons (Fsp3) is 0.263. The van der Waals surface area contributed by atoms with E-state index < -0.39 is 17.2 Å². The van der Waals surface area contributed by atoms with Crippen molar-refractivity contribution in [3.05, 3.63) is 70.8 Å². The van der Waals surface area contributed by atoms with Gasteiger partial charge in [0.15, 0.2) is 5.96 Å². The normalized spacial score (nSPS) is 19.8. The second-order valence-corrected chi connectivity index (χ2v) is 6.57. The summed E-state index contributed by atoms with van der Waals surface area (Å²) in [5.74, 6) is -1.60. The molecule has 1 aliphatic rings. The molecular weight excluding hydrogens is 338 g/mol. The minimum absolute atomic E-state index is 0.00125. The van der Waals surface area contributed by atoms with Gasteiger partial charge in [-0.1, -0.05) is 30.3 Å². The Morgan fingerprint density at radius 1 is 1.12 bits per heavy atom. The number of amides is 1. The topological polar surface area (TPSA) is 84.7 Å². The van der Waals surface area contributed by atoms with E-state index in [0.29, 0.717) is 6.54 Å². The SMILES string of the molecule is C[C@]1(Cc2ccc(F)cc2F)N=C(N)N(Cc2ccc(CN)cc2)C1=O. The Morgan fingerprint density at radius 2 is 1.77 bits per heavy atom. The van der Waals surface area contributed by atoms with E-state index in [2.05, 4.69) is 4.99 Å². The summed E-state index contributed by atoms with van der Waals surface area (Å²) >= 11 is 0. The Hall–Kier alpha value is -2.80. The highest BCUT2D eigenvalue weighted by atomic mass is 19.1. The monoisotopic (exact) mass is 358 g/mol. The third-order valence-corrected chi connectivity index (χ3v) is 4.49. The van der Waals surface area contributed by atoms with Gasteiger partial charge in [0.25, 0.3) is 5.91 Å². The van der Waals surface area contributed by atoms with Crippen LogP contribution in [-0.4, -0.2) is 22.3 Å². The zero-order valence-corrected chi connectivity index (χ0v) is 14.4. The lowest BCUT2D eigenvalue weighted by Gasteiger charge is -2.22. The van der Waals surface area contributed by atoms with E-state index in [-0.39, 0.29) is 30.4 Å². The van der Waals surface area contributed by atoms with Crippen LogP contribution in [0.5, 0.6) is 0 Å². The van der Waals surface area contributed by atoms with Crippen molar-refractivity contribution in [1.29, 1.82) is 0 Å². The smallest absolute Gasteiger partial charge is 0.257 e. The summed E-state index contributed by atoms with van der Waals surface area (Å²) < 4.78 is 27.0. The average molecular weight is 358 g/mol. The Labute approximate surface area is 150 Å². The van der Waals surface area contributed by atoms with Crippen LogP contribution >= 0.6 is 0 Å². The number of guanidine groups is 1. The molecule has 0 aromatic heterocycles. The van der Waals surface area contributed by atoms with Gasteiger partial charge in [0.2, 0.25) is 0 Å². The van der Waals surface area contributed by atoms with Crippen LogP contribution in [-0.2, 0) is 24.3 Å². The van der Waals surface area contributed by atoms with Crippen molar-refractivity contribution in [3.63, 3.8) is 0 Å². The zero-order chi connectivity index (χ0) is 18.9. The zero-order valence-electron chi connectivity index (χ0n) is 14.4. The third-order valence-electron chi connectivity index (χ3n) is 4.49. The third kappa shape index (κ3) is 3.43. The highest BCUT2D eigenvalue weighted by Crippen LogP contribution is 2.28. The summed E-state index contributed by atoms with van der Waals surface area (Å²) in [6.07, 6.45) is 0.00125. The maximum atomic E-state index is 14.0. The fourth-order valence-corrected chi connectivity index (χ4v) is 3.02. The molecular formula is C19H20F2N4O. The Kier molecular flexibility index (Phi) is 4.73. The van der Waals surface area contributed by atoms with Gasteiger partial charge >= 0.3 is 0 Å². The number of hydrogen-bond acceptors (Lipinski definition) is 4. The molecule has 0 saturated carbocycles. The van der Waals surface area contributed by atoms with Crippen molar-refractivity contribution >= 4 is 11.9 Å². The van der Waals surface area contributed by atoms with Crippen molar-refractivity contribution in [2.45, 2.75) is 32.0 Å². The maximum Gasteiger partial charge on any atom is 0.257 e. The summed E-state index contributed by atoms with van der Waals surface area (Å²) in [6.45, 7) is 2.30. The molecule has 0 fully saturated rings. The number of nitrogens with zero attached hydrogens (tertiary/aromatic N) is 2. The predicted octanol–water partition coefficient (Wildman–Crippen LogP) is 2.08. The second kappa shape index (κ2) is 6.84. The van der Waals surface area contributed by atoms with Crippen LogP contribution in [0.1, 0.15) is 23.6 Å². The van der Waals surface area contributed by atoms with Crippen LogP contribution in [0, 0.1) is 11.6 Å². The lowest BCUT2D eigenvalue weighted by molar-refractivity contribution is -0.131. The van der Waals surface area contributed by atoms with Crippen LogP contribution in [0.4, 0.5) is 8.78 Å². The largest absolute Gasteiger partial charge is 0.369 e. The van der Waals surface area contributed by atoms with Gasteiger partial charge in [-0.3, -0.25) is 9.69 Å². The Bertz CT molecular complexity index is 866. The van der Waals surface area contributed by atoms with E-state index in [1.807, 2.05) is 24.3 Å². The van der Waals surface area contributed by atoms with E-state index in [1.165, 1.54) is 11.0 Å². The molecule has 7 heteroatoms. The number of carbonyl (C=O) groups excluding carboxylic acids is 1. The van der Waals surface area contributed by atoms with E-state index in [4.69, 9.17) is 11.5 Å². The Balaban J connectivity index is 1.79. The van der Waals surface area contributed by atoms with Crippen LogP contribution in [0.3, 0.4) is 0 Å². The number of halogens is 2. The van der Waals surface area contributed by atoms with Crippen molar-refractivity contribution in [1.82, 2.24) is 4.90 Å². The van der Waals surface area contributed by atoms with Crippen LogP contribution < -0.4 is 11.5 Å². The molecule has 1 atom stereocenters. The Morgan fingerprint density at radius 3 is 2.38 bits per heavy atom. The fourth-order valence-electron chi connectivity index (χ4n) is 3.02. The van der Waals surface area contributed by atoms with Gasteiger partial charge < -0.3 is 11.5 Å². The van der Waals surface area contributed by atoms with E-state index >= 15 is 0 Å². The second-order valence-electron chi connectivity index (χ2n) is 6.57. The summed E-state index contributed by atoms with van der Waals surface area (Å²) in [5.41, 5.74) is 12.4. The molecule has 0 unspecified atom stereocenters. The van der Waals surface area contributed by atoms with Crippen molar-refractivity contribution < 1.29 is 13.6 Å². The van der Waals surface area contributed by atoms with Crippen LogP contribution in [0.2, 0.25) is 0 Å². The number of hydrogen-bond donors (Lipinski definition) is 2. The maximum absolute atomic E-state index is 14.0. The van der Waals surface area contributed by atoms with Gasteiger partial charge in [-0.25, -0.2) is 13.8 Å². The first kappa shape index (κ1) is 18.0. The van der Waals surface area contributed by atoms with Crippen molar-refractivity contribution in [2.75, 3.05) is 0 Å². The molecule has 26 heavy (non-hydrogen) atoms. The molecule has 136 valence electrons. The van der Waals surface area contributed by atoms with Gasteiger partial charge in [-0.05, 0) is 29.7 Å². The number of rotatable bonds is 5. The van der Waals surface area contributed by atoms with Crippen molar-refractivity contribution in [3.8, 4) is 0 Å². The number of aliphatic imine (C=N–C) groups is 1. The van der Waals surface area contributed by atoms with Gasteiger partial charge in [0, 0.05) is 19.0 Å². The standard InChI is InChI=1S/C19H20F2N4O/c1-19(9-14-6-7-15(20)8-16(14)21)17(26)25(18(23)24-19)11-13-4-2-12(10-22)3-5-13/h2-8H,9-11,22H2,1H3,(H2,23,24)/t19-/m1/s1. The number of nitrogens with two attached hydrogens (primary N) is 2. The van der Waals surface area contributed by atoms with Gasteiger partial charge in [0.1, 0.15) is 17.2 Å². The molecule has 0 spiro atoms. The lowest BCUT2D eigenvalue weighted by Crippen LogP contribution is -2.43. The molecule has 0 aliphatic carbocycles. The molecule has 0 bridgehead atoms. The van der Waals surface area contributed by atoms with E-state index in [0.717, 1.165) is 23.3 Å². The molecule has 1 amide bonds. The minimum atomic E-state index is -1.22. The van der Waals surface area contributed by atoms with Crippen LogP contribution in [0.25, 0.3) is 0 Å². The van der Waals surface area contributed by atoms with Gasteiger partial charge in [-0.2, -0.15) is 0 Å². The van der Waals surface area contributed by atoms with Gasteiger partial charge in [-0.15, -0.1) is 0 Å². The highest BCUT2D eigenvalue weighted by Gasteiger charge is 2.44. The molecule has 3 rings (SSSR count). The van der Waals surface area contributed by atoms with Gasteiger partial charge in [0.05, 0.1) is 6.54 Å². The average Bonchev–Trinajstić information content (AvgIpc) is 2.81. The first-order valence-corrected chi connectivity index (χ1v) is 8.21. The van der Waals surface area contributed by atoms with Crippen molar-refractivity contribution in [2.24, 2.45) is 16.5 Å². The summed E-state index contributed by atoms with van der Waals surface area (Å²) in [4.78, 5) is 18.5. The number of benzene rings is 2. The highest BCUT2D eigenvalue weighted by molar-refractivity contribution is 6.06. The number of carbonyl (C=O) groups is 1. The molecule has 0 saturated heterocycles. The summed E-state index contributed by atoms with van der Waals surface area (Å²) in [7, 11) is 0. The molecule has 2 aromatic rings. The molecule has 4 N–H and O–H groups in total. The van der Waals surface area contributed by atoms with E-state index in [1.54, 1.807) is 6.92 Å². The molecule has 2 aromatic carbocycles. The molecule has 5 nitrogen and oxygen atoms in total. The molecule has 1 aliphatic heterocycles. The molecule has 1 heterocycles. The minimum Gasteiger partial charge on any atom is -0.369 e. The first-order chi connectivity index (χ1) is 12.3.